The Bertz CT molecular complexity index is 584. The van der Waals surface area contributed by atoms with Crippen molar-refractivity contribution in [3.63, 3.8) is 0 Å². The van der Waals surface area contributed by atoms with Crippen LogP contribution in [0.1, 0.15) is 0 Å². The average molecular weight is 195 g/mol. The second-order valence-corrected chi connectivity index (χ2v) is 3.36. The van der Waals surface area contributed by atoms with E-state index in [1.165, 1.54) is 0 Å². The van der Waals surface area contributed by atoms with Crippen LogP contribution in [0.2, 0.25) is 0 Å². The van der Waals surface area contributed by atoms with Crippen LogP contribution in [0, 0.1) is 0 Å². The van der Waals surface area contributed by atoms with Crippen molar-refractivity contribution in [3.8, 4) is 11.3 Å². The Morgan fingerprint density at radius 1 is 1.00 bits per heavy atom. The van der Waals surface area contributed by atoms with E-state index in [0.717, 1.165) is 22.2 Å². The van der Waals surface area contributed by atoms with Gasteiger partial charge in [-0.05, 0) is 6.07 Å². The summed E-state index contributed by atoms with van der Waals surface area (Å²) in [4.78, 5) is 4.11. The molecular formula is C12H9N3. The molecule has 3 heteroatoms. The highest BCUT2D eigenvalue weighted by Crippen LogP contribution is 2.24. The first-order chi connectivity index (χ1) is 7.45. The molecule has 0 radical (unpaired) electrons. The molecule has 0 amide bonds. The maximum atomic E-state index is 4.30. The molecule has 3 rings (SSSR count). The van der Waals surface area contributed by atoms with E-state index < -0.39 is 0 Å². The molecule has 0 bridgehead atoms. The lowest BCUT2D eigenvalue weighted by Gasteiger charge is -1.95. The molecule has 3 aromatic rings. The lowest BCUT2D eigenvalue weighted by atomic mass is 10.1. The van der Waals surface area contributed by atoms with Gasteiger partial charge in [0.25, 0.3) is 0 Å². The highest BCUT2D eigenvalue weighted by atomic mass is 15.1. The highest BCUT2D eigenvalue weighted by molar-refractivity contribution is 5.91. The fourth-order valence-electron chi connectivity index (χ4n) is 1.67. The van der Waals surface area contributed by atoms with Crippen LogP contribution in [0.25, 0.3) is 22.2 Å². The second kappa shape index (κ2) is 3.20. The van der Waals surface area contributed by atoms with Gasteiger partial charge in [0.15, 0.2) is 0 Å². The molecule has 2 aromatic heterocycles. The van der Waals surface area contributed by atoms with E-state index in [9.17, 15) is 0 Å². The van der Waals surface area contributed by atoms with Crippen molar-refractivity contribution in [2.75, 3.05) is 0 Å². The van der Waals surface area contributed by atoms with Crippen LogP contribution < -0.4 is 0 Å². The van der Waals surface area contributed by atoms with Gasteiger partial charge in [0, 0.05) is 23.3 Å². The average Bonchev–Trinajstić information content (AvgIpc) is 2.74. The number of aromatic amines is 1. The quantitative estimate of drug-likeness (QED) is 0.648. The minimum absolute atomic E-state index is 0.957. The maximum Gasteiger partial charge on any atom is 0.101 e. The Hall–Kier alpha value is -2.16. The first kappa shape index (κ1) is 8.17. The molecule has 1 aromatic carbocycles. The SMILES string of the molecule is c1ccc(-c2n[nH]c3ccncc23)cc1. The molecule has 72 valence electrons. The van der Waals surface area contributed by atoms with E-state index in [-0.39, 0.29) is 0 Å². The predicted molar refractivity (Wildman–Crippen MR) is 59.3 cm³/mol. The van der Waals surface area contributed by atoms with Crippen molar-refractivity contribution in [1.82, 2.24) is 15.2 Å². The molecule has 0 unspecified atom stereocenters. The molecule has 2 heterocycles. The summed E-state index contributed by atoms with van der Waals surface area (Å²) in [5, 5.41) is 8.36. The molecule has 0 aliphatic heterocycles. The van der Waals surface area contributed by atoms with Crippen molar-refractivity contribution in [2.45, 2.75) is 0 Å². The summed E-state index contributed by atoms with van der Waals surface area (Å²) in [5.74, 6) is 0. The lowest BCUT2D eigenvalue weighted by molar-refractivity contribution is 1.12. The van der Waals surface area contributed by atoms with Gasteiger partial charge in [-0.3, -0.25) is 10.1 Å². The third-order valence-electron chi connectivity index (χ3n) is 2.41. The summed E-state index contributed by atoms with van der Waals surface area (Å²) in [7, 11) is 0. The monoisotopic (exact) mass is 195 g/mol. The molecule has 0 aliphatic carbocycles. The largest absolute Gasteiger partial charge is 0.277 e. The summed E-state index contributed by atoms with van der Waals surface area (Å²) in [5.41, 5.74) is 3.08. The van der Waals surface area contributed by atoms with Gasteiger partial charge >= 0.3 is 0 Å². The van der Waals surface area contributed by atoms with Gasteiger partial charge in [-0.15, -0.1) is 0 Å². The fourth-order valence-corrected chi connectivity index (χ4v) is 1.67. The van der Waals surface area contributed by atoms with Crippen LogP contribution in [-0.2, 0) is 0 Å². The van der Waals surface area contributed by atoms with Gasteiger partial charge in [0.1, 0.15) is 5.69 Å². The minimum atomic E-state index is 0.957. The van der Waals surface area contributed by atoms with Crippen molar-refractivity contribution < 1.29 is 0 Å². The van der Waals surface area contributed by atoms with Crippen molar-refractivity contribution >= 4 is 10.9 Å². The Balaban J connectivity index is 2.28. The number of aromatic nitrogens is 3. The topological polar surface area (TPSA) is 41.6 Å². The number of pyridine rings is 1. The van der Waals surface area contributed by atoms with E-state index >= 15 is 0 Å². The molecule has 0 saturated heterocycles. The number of hydrogen-bond acceptors (Lipinski definition) is 2. The third-order valence-corrected chi connectivity index (χ3v) is 2.41. The van der Waals surface area contributed by atoms with Gasteiger partial charge in [0.05, 0.1) is 5.52 Å². The zero-order chi connectivity index (χ0) is 10.1. The van der Waals surface area contributed by atoms with Crippen molar-refractivity contribution in [1.29, 1.82) is 0 Å². The number of nitrogens with one attached hydrogen (secondary N) is 1. The molecule has 0 fully saturated rings. The number of nitrogens with zero attached hydrogens (tertiary/aromatic N) is 2. The highest BCUT2D eigenvalue weighted by Gasteiger charge is 2.06. The third kappa shape index (κ3) is 1.29. The Morgan fingerprint density at radius 2 is 1.87 bits per heavy atom. The molecular weight excluding hydrogens is 186 g/mol. The number of fused-ring (bicyclic) bond motifs is 1. The zero-order valence-corrected chi connectivity index (χ0v) is 8.01. The van der Waals surface area contributed by atoms with E-state index in [0.29, 0.717) is 0 Å². The summed E-state index contributed by atoms with van der Waals surface area (Å²) < 4.78 is 0. The summed E-state index contributed by atoms with van der Waals surface area (Å²) in [6.07, 6.45) is 3.59. The van der Waals surface area contributed by atoms with E-state index in [2.05, 4.69) is 15.2 Å². The fraction of sp³-hybridized carbons (Fsp3) is 0. The maximum absolute atomic E-state index is 4.30. The summed E-state index contributed by atoms with van der Waals surface area (Å²) in [6, 6.07) is 12.0. The summed E-state index contributed by atoms with van der Waals surface area (Å²) >= 11 is 0. The van der Waals surface area contributed by atoms with Crippen LogP contribution in [0.4, 0.5) is 0 Å². The minimum Gasteiger partial charge on any atom is -0.277 e. The standard InChI is InChI=1S/C12H9N3/c1-2-4-9(5-3-1)12-10-8-13-7-6-11(10)14-15-12/h1-8H,(H,14,15). The van der Waals surface area contributed by atoms with E-state index in [4.69, 9.17) is 0 Å². The number of H-pyrrole nitrogens is 1. The first-order valence-corrected chi connectivity index (χ1v) is 4.78. The predicted octanol–water partition coefficient (Wildman–Crippen LogP) is 2.62. The molecule has 3 nitrogen and oxygen atoms in total. The number of hydrogen-bond donors (Lipinski definition) is 1. The van der Waals surface area contributed by atoms with Crippen molar-refractivity contribution in [3.05, 3.63) is 48.8 Å². The Morgan fingerprint density at radius 3 is 2.73 bits per heavy atom. The number of rotatable bonds is 1. The number of benzene rings is 1. The van der Waals surface area contributed by atoms with Gasteiger partial charge in [-0.1, -0.05) is 30.3 Å². The Kier molecular flexibility index (Phi) is 1.75. The Labute approximate surface area is 86.8 Å². The molecule has 0 aliphatic rings. The molecule has 0 saturated carbocycles. The van der Waals surface area contributed by atoms with Crippen LogP contribution >= 0.6 is 0 Å². The van der Waals surface area contributed by atoms with Crippen molar-refractivity contribution in [2.24, 2.45) is 0 Å². The smallest absolute Gasteiger partial charge is 0.101 e. The van der Waals surface area contributed by atoms with Gasteiger partial charge in [0.2, 0.25) is 0 Å². The molecule has 0 atom stereocenters. The van der Waals surface area contributed by atoms with Crippen LogP contribution in [0.3, 0.4) is 0 Å². The normalized spacial score (nSPS) is 10.7. The van der Waals surface area contributed by atoms with E-state index in [1.54, 1.807) is 6.20 Å². The molecule has 0 spiro atoms. The summed E-state index contributed by atoms with van der Waals surface area (Å²) in [6.45, 7) is 0. The van der Waals surface area contributed by atoms with E-state index in [1.807, 2.05) is 42.6 Å². The van der Waals surface area contributed by atoms with Gasteiger partial charge in [-0.25, -0.2) is 0 Å². The van der Waals surface area contributed by atoms with Gasteiger partial charge in [-0.2, -0.15) is 5.10 Å². The lowest BCUT2D eigenvalue weighted by Crippen LogP contribution is -1.77. The molecule has 15 heavy (non-hydrogen) atoms. The van der Waals surface area contributed by atoms with Gasteiger partial charge < -0.3 is 0 Å². The second-order valence-electron chi connectivity index (χ2n) is 3.36. The van der Waals surface area contributed by atoms with Crippen LogP contribution in [-0.4, -0.2) is 15.2 Å². The zero-order valence-electron chi connectivity index (χ0n) is 8.01. The van der Waals surface area contributed by atoms with Crippen LogP contribution in [0.15, 0.2) is 48.8 Å². The first-order valence-electron chi connectivity index (χ1n) is 4.78. The molecule has 1 N–H and O–H groups in total. The van der Waals surface area contributed by atoms with Crippen LogP contribution in [0.5, 0.6) is 0 Å².